The first-order valence-electron chi connectivity index (χ1n) is 31.4. The zero-order chi connectivity index (χ0) is 59.3. The Morgan fingerprint density at radius 3 is 1.03 bits per heavy atom. The van der Waals surface area contributed by atoms with Crippen LogP contribution in [0, 0.1) is 0 Å². The molecule has 0 unspecified atom stereocenters. The zero-order valence-corrected chi connectivity index (χ0v) is 50.4. The summed E-state index contributed by atoms with van der Waals surface area (Å²) in [4.78, 5) is 2.43. The zero-order valence-electron chi connectivity index (χ0n) is 50.4. The van der Waals surface area contributed by atoms with Crippen molar-refractivity contribution in [1.29, 1.82) is 0 Å². The maximum atomic E-state index is 7.97. The van der Waals surface area contributed by atoms with Crippen LogP contribution >= 0.6 is 0 Å². The highest BCUT2D eigenvalue weighted by atomic mass is 16.8. The number of ether oxygens (including phenoxy) is 10. The Balaban J connectivity index is 1.10. The van der Waals surface area contributed by atoms with E-state index in [1.807, 2.05) is 109 Å². The molecule has 456 valence electrons. The molecule has 2 fully saturated rings. The van der Waals surface area contributed by atoms with Crippen molar-refractivity contribution in [3.63, 3.8) is 0 Å². The summed E-state index contributed by atoms with van der Waals surface area (Å²) in [6, 6.07) is 82.0. The SMILES string of the molecule is CCCCCCCCO[C@@H]1O[C@H](COCc2ccccc2)[C@H](OCc2ccccc2)[C@H](OCc2ccccc2)[C@H]1O[C@@H]1O[C@H](COCc2ccccc2)[C@H](OCc2ccccc2)[C@H](OCc2ccccc2)[C@H]1N(Cc1ccccc1)Cc1ccccc1. The Morgan fingerprint density at radius 2 is 0.632 bits per heavy atom. The number of nitrogens with zero attached hydrogens (tertiary/aromatic N) is 1. The minimum Gasteiger partial charge on any atom is -0.374 e. The van der Waals surface area contributed by atoms with Gasteiger partial charge in [-0.15, -0.1) is 0 Å². The van der Waals surface area contributed by atoms with Crippen molar-refractivity contribution in [2.24, 2.45) is 0 Å². The monoisotopic (exact) mass is 1170 g/mol. The van der Waals surface area contributed by atoms with Crippen LogP contribution in [0.15, 0.2) is 243 Å². The van der Waals surface area contributed by atoms with Crippen molar-refractivity contribution in [2.45, 2.75) is 160 Å². The lowest BCUT2D eigenvalue weighted by Crippen LogP contribution is -2.68. The molecule has 11 nitrogen and oxygen atoms in total. The lowest BCUT2D eigenvalue weighted by Gasteiger charge is -2.52. The van der Waals surface area contributed by atoms with Crippen LogP contribution in [-0.4, -0.2) is 86.1 Å². The molecule has 0 N–H and O–H groups in total. The molecule has 0 spiro atoms. The second-order valence-electron chi connectivity index (χ2n) is 22.7. The van der Waals surface area contributed by atoms with E-state index in [0.717, 1.165) is 63.8 Å². The minimum atomic E-state index is -1.03. The molecule has 2 aliphatic rings. The number of benzene rings is 8. The van der Waals surface area contributed by atoms with E-state index >= 15 is 0 Å². The summed E-state index contributed by atoms with van der Waals surface area (Å²) >= 11 is 0. The Hall–Kier alpha value is -6.68. The van der Waals surface area contributed by atoms with Gasteiger partial charge >= 0.3 is 0 Å². The maximum Gasteiger partial charge on any atom is 0.187 e. The van der Waals surface area contributed by atoms with Gasteiger partial charge in [-0.1, -0.05) is 282 Å². The highest BCUT2D eigenvalue weighted by Crippen LogP contribution is 2.38. The molecule has 0 amide bonds. The van der Waals surface area contributed by atoms with Crippen LogP contribution in [0.3, 0.4) is 0 Å². The first-order chi connectivity index (χ1) is 43.1. The highest BCUT2D eigenvalue weighted by Gasteiger charge is 2.55. The quantitative estimate of drug-likeness (QED) is 0.0355. The van der Waals surface area contributed by atoms with E-state index < -0.39 is 61.3 Å². The van der Waals surface area contributed by atoms with E-state index in [1.165, 1.54) is 19.3 Å². The smallest absolute Gasteiger partial charge is 0.187 e. The second-order valence-corrected chi connectivity index (χ2v) is 22.7. The topological polar surface area (TPSA) is 95.5 Å². The van der Waals surface area contributed by atoms with Crippen LogP contribution in [0.4, 0.5) is 0 Å². The standard InChI is InChI=1S/C76H87NO10/c1-2-3-4-5-6-31-48-80-76-74(73(84-56-66-46-29-14-30-47-66)71(82-54-64-42-25-12-26-43-64)68(86-76)58-79-52-62-38-21-10-22-39-62)87-75-69(77(49-59-32-15-7-16-33-59)50-60-34-17-8-18-35-60)72(83-55-65-44-27-13-28-45-65)70(81-53-63-40-23-11-24-41-63)67(85-75)57-78-51-61-36-19-9-20-37-61/h7-30,32-47,67-76H,2-6,31,48-58H2,1H3/t67-,68-,69-,70+,71+,72-,73+,74-,75+,76-/m1/s1. The summed E-state index contributed by atoms with van der Waals surface area (Å²) in [6.45, 7) is 5.97. The van der Waals surface area contributed by atoms with E-state index in [-0.39, 0.29) is 26.4 Å². The average Bonchev–Trinajstić information content (AvgIpc) is 0.974. The van der Waals surface area contributed by atoms with E-state index in [1.54, 1.807) is 0 Å². The molecule has 10 atom stereocenters. The van der Waals surface area contributed by atoms with E-state index in [2.05, 4.69) is 145 Å². The third-order valence-corrected chi connectivity index (χ3v) is 16.1. The molecule has 0 radical (unpaired) electrons. The first kappa shape index (κ1) is 63.3. The van der Waals surface area contributed by atoms with Gasteiger partial charge in [-0.2, -0.15) is 0 Å². The summed E-state index contributed by atoms with van der Waals surface area (Å²) in [7, 11) is 0. The number of hydrogen-bond acceptors (Lipinski definition) is 11. The van der Waals surface area contributed by atoms with Gasteiger partial charge in [0.05, 0.1) is 58.9 Å². The molecule has 0 saturated carbocycles. The van der Waals surface area contributed by atoms with Crippen molar-refractivity contribution < 1.29 is 47.4 Å². The molecular formula is C76H87NO10. The van der Waals surface area contributed by atoms with Crippen molar-refractivity contribution in [3.8, 4) is 0 Å². The van der Waals surface area contributed by atoms with Gasteiger partial charge in [0.2, 0.25) is 0 Å². The molecule has 0 bridgehead atoms. The molecule has 10 rings (SSSR count). The van der Waals surface area contributed by atoms with Crippen LogP contribution in [0.5, 0.6) is 0 Å². The normalized spacial score (nSPS) is 22.1. The lowest BCUT2D eigenvalue weighted by molar-refractivity contribution is -0.375. The molecule has 0 aromatic heterocycles. The van der Waals surface area contributed by atoms with Crippen LogP contribution in [0.25, 0.3) is 0 Å². The summed E-state index contributed by atoms with van der Waals surface area (Å²) in [5.41, 5.74) is 8.37. The summed E-state index contributed by atoms with van der Waals surface area (Å²) in [5, 5.41) is 0. The largest absolute Gasteiger partial charge is 0.374 e. The summed E-state index contributed by atoms with van der Waals surface area (Å²) in [6.07, 6.45) is -0.530. The predicted molar refractivity (Wildman–Crippen MR) is 340 cm³/mol. The molecular weight excluding hydrogens is 1090 g/mol. The van der Waals surface area contributed by atoms with E-state index in [9.17, 15) is 0 Å². The molecule has 11 heteroatoms. The van der Waals surface area contributed by atoms with Crippen LogP contribution in [0.2, 0.25) is 0 Å². The Bertz CT molecular complexity index is 3020. The average molecular weight is 1170 g/mol. The number of rotatable bonds is 35. The van der Waals surface area contributed by atoms with Crippen molar-refractivity contribution in [2.75, 3.05) is 19.8 Å². The molecule has 0 aliphatic carbocycles. The summed E-state index contributed by atoms with van der Waals surface area (Å²) < 4.78 is 72.9. The predicted octanol–water partition coefficient (Wildman–Crippen LogP) is 15.0. The van der Waals surface area contributed by atoms with Gasteiger partial charge in [0.25, 0.3) is 0 Å². The first-order valence-corrected chi connectivity index (χ1v) is 31.4. The molecule has 2 saturated heterocycles. The third-order valence-electron chi connectivity index (χ3n) is 16.1. The fourth-order valence-electron chi connectivity index (χ4n) is 11.5. The fourth-order valence-corrected chi connectivity index (χ4v) is 11.5. The van der Waals surface area contributed by atoms with Gasteiger partial charge < -0.3 is 47.4 Å². The van der Waals surface area contributed by atoms with Crippen molar-refractivity contribution in [3.05, 3.63) is 287 Å². The summed E-state index contributed by atoms with van der Waals surface area (Å²) in [5.74, 6) is 0. The van der Waals surface area contributed by atoms with Crippen LogP contribution in [-0.2, 0) is 100 Å². The molecule has 87 heavy (non-hydrogen) atoms. The van der Waals surface area contributed by atoms with Crippen molar-refractivity contribution in [1.82, 2.24) is 4.90 Å². The minimum absolute atomic E-state index is 0.167. The Labute approximate surface area is 516 Å². The number of unbranched alkanes of at least 4 members (excludes halogenated alkanes) is 5. The van der Waals surface area contributed by atoms with Gasteiger partial charge in [-0.3, -0.25) is 4.90 Å². The number of hydrogen-bond donors (Lipinski definition) is 0. The lowest BCUT2D eigenvalue weighted by atomic mass is 9.93. The van der Waals surface area contributed by atoms with Gasteiger partial charge in [-0.05, 0) is 50.9 Å². The Morgan fingerprint density at radius 1 is 0.310 bits per heavy atom. The van der Waals surface area contributed by atoms with Gasteiger partial charge in [0, 0.05) is 19.7 Å². The van der Waals surface area contributed by atoms with Gasteiger partial charge in [0.15, 0.2) is 12.6 Å². The molecule has 2 heterocycles. The fraction of sp³-hybridized carbons (Fsp3) is 0.368. The van der Waals surface area contributed by atoms with Gasteiger partial charge in [0.1, 0.15) is 42.7 Å². The van der Waals surface area contributed by atoms with E-state index in [4.69, 9.17) is 47.4 Å². The van der Waals surface area contributed by atoms with Gasteiger partial charge in [-0.25, -0.2) is 0 Å². The van der Waals surface area contributed by atoms with Crippen molar-refractivity contribution >= 4 is 0 Å². The maximum absolute atomic E-state index is 7.97. The van der Waals surface area contributed by atoms with E-state index in [0.29, 0.717) is 46.1 Å². The Kier molecular flexibility index (Phi) is 25.7. The second kappa shape index (κ2) is 35.3. The molecule has 8 aromatic rings. The highest BCUT2D eigenvalue weighted by molar-refractivity contribution is 5.21. The van der Waals surface area contributed by atoms with Crippen LogP contribution in [0.1, 0.15) is 90.0 Å². The molecule has 8 aromatic carbocycles. The van der Waals surface area contributed by atoms with Crippen LogP contribution < -0.4 is 0 Å². The third kappa shape index (κ3) is 19.9. The molecule has 2 aliphatic heterocycles.